The monoisotopic (exact) mass is 269 g/mol. The molecular formula is C13H20ClN3O. The van der Waals surface area contributed by atoms with Gasteiger partial charge in [0.15, 0.2) is 0 Å². The second-order valence-electron chi connectivity index (χ2n) is 4.82. The molecule has 1 saturated heterocycles. The number of H-pyrrole nitrogens is 1. The van der Waals surface area contributed by atoms with Crippen LogP contribution in [-0.2, 0) is 0 Å². The molecule has 18 heavy (non-hydrogen) atoms. The summed E-state index contributed by atoms with van der Waals surface area (Å²) in [4.78, 5) is 17.2. The molecule has 100 valence electrons. The third-order valence-corrected chi connectivity index (χ3v) is 3.57. The average molecular weight is 270 g/mol. The highest BCUT2D eigenvalue weighted by atomic mass is 35.5. The summed E-state index contributed by atoms with van der Waals surface area (Å²) >= 11 is 5.78. The Kier molecular flexibility index (Phi) is 4.66. The molecule has 0 aromatic carbocycles. The number of piperidine rings is 1. The first-order valence-electron chi connectivity index (χ1n) is 6.56. The Morgan fingerprint density at radius 3 is 2.83 bits per heavy atom. The number of nitrogens with one attached hydrogen (secondary N) is 2. The van der Waals surface area contributed by atoms with Crippen LogP contribution in [0.15, 0.2) is 12.3 Å². The first-order valence-corrected chi connectivity index (χ1v) is 6.94. The lowest BCUT2D eigenvalue weighted by molar-refractivity contribution is 0.0906. The van der Waals surface area contributed by atoms with Crippen LogP contribution in [0.2, 0.25) is 5.02 Å². The maximum Gasteiger partial charge on any atom is 0.267 e. The van der Waals surface area contributed by atoms with Crippen molar-refractivity contribution in [3.8, 4) is 0 Å². The predicted molar refractivity (Wildman–Crippen MR) is 73.0 cm³/mol. The van der Waals surface area contributed by atoms with Gasteiger partial charge in [0.2, 0.25) is 0 Å². The molecule has 0 atom stereocenters. The summed E-state index contributed by atoms with van der Waals surface area (Å²) in [6, 6.07) is 1.94. The first-order chi connectivity index (χ1) is 8.69. The van der Waals surface area contributed by atoms with Crippen molar-refractivity contribution in [2.24, 2.45) is 0 Å². The summed E-state index contributed by atoms with van der Waals surface area (Å²) in [5.74, 6) is -0.0594. The van der Waals surface area contributed by atoms with Crippen molar-refractivity contribution in [2.75, 3.05) is 19.6 Å². The average Bonchev–Trinajstić information content (AvgIpc) is 2.79. The van der Waals surface area contributed by atoms with E-state index >= 15 is 0 Å². The second-order valence-corrected chi connectivity index (χ2v) is 5.26. The van der Waals surface area contributed by atoms with E-state index < -0.39 is 0 Å². The SMILES string of the molecule is CCCN1CCC(NC(=O)c2cc(Cl)c[nH]2)CC1. The Labute approximate surface area is 113 Å². The summed E-state index contributed by atoms with van der Waals surface area (Å²) in [6.45, 7) is 5.50. The number of rotatable bonds is 4. The molecule has 1 fully saturated rings. The van der Waals surface area contributed by atoms with Crippen LogP contribution < -0.4 is 5.32 Å². The van der Waals surface area contributed by atoms with Gasteiger partial charge in [-0.15, -0.1) is 0 Å². The maximum atomic E-state index is 11.9. The number of carbonyl (C=O) groups excluding carboxylic acids is 1. The second kappa shape index (κ2) is 6.25. The Bertz CT molecular complexity index is 397. The summed E-state index contributed by atoms with van der Waals surface area (Å²) < 4.78 is 0. The Balaban J connectivity index is 1.79. The van der Waals surface area contributed by atoms with E-state index in [2.05, 4.69) is 22.1 Å². The topological polar surface area (TPSA) is 48.1 Å². The van der Waals surface area contributed by atoms with Gasteiger partial charge in [0.1, 0.15) is 5.69 Å². The molecular weight excluding hydrogens is 250 g/mol. The van der Waals surface area contributed by atoms with Crippen LogP contribution in [0, 0.1) is 0 Å². The van der Waals surface area contributed by atoms with Gasteiger partial charge in [-0.25, -0.2) is 0 Å². The molecule has 0 radical (unpaired) electrons. The number of nitrogens with zero attached hydrogens (tertiary/aromatic N) is 1. The number of likely N-dealkylation sites (tertiary alicyclic amines) is 1. The number of hydrogen-bond donors (Lipinski definition) is 2. The van der Waals surface area contributed by atoms with Crippen molar-refractivity contribution in [1.82, 2.24) is 15.2 Å². The Morgan fingerprint density at radius 2 is 2.28 bits per heavy atom. The van der Waals surface area contributed by atoms with Crippen LogP contribution >= 0.6 is 11.6 Å². The molecule has 1 aromatic rings. The minimum absolute atomic E-state index is 0.0594. The molecule has 2 heterocycles. The van der Waals surface area contributed by atoms with Gasteiger partial charge in [0.05, 0.1) is 5.02 Å². The summed E-state index contributed by atoms with van der Waals surface area (Å²) in [5, 5.41) is 3.62. The van der Waals surface area contributed by atoms with E-state index in [1.165, 1.54) is 6.42 Å². The molecule has 1 aliphatic heterocycles. The molecule has 0 bridgehead atoms. The van der Waals surface area contributed by atoms with Crippen molar-refractivity contribution in [3.63, 3.8) is 0 Å². The number of aromatic nitrogens is 1. The van der Waals surface area contributed by atoms with Crippen LogP contribution in [0.25, 0.3) is 0 Å². The molecule has 1 aromatic heterocycles. The van der Waals surface area contributed by atoms with Crippen molar-refractivity contribution in [2.45, 2.75) is 32.2 Å². The summed E-state index contributed by atoms with van der Waals surface area (Å²) in [5.41, 5.74) is 0.538. The van der Waals surface area contributed by atoms with Gasteiger partial charge < -0.3 is 15.2 Å². The lowest BCUT2D eigenvalue weighted by Gasteiger charge is -2.31. The molecule has 5 heteroatoms. The number of carbonyl (C=O) groups is 1. The molecule has 0 spiro atoms. The number of aromatic amines is 1. The molecule has 4 nitrogen and oxygen atoms in total. The highest BCUT2D eigenvalue weighted by Crippen LogP contribution is 2.13. The van der Waals surface area contributed by atoms with E-state index in [1.807, 2.05) is 0 Å². The van der Waals surface area contributed by atoms with Crippen LogP contribution in [-0.4, -0.2) is 41.5 Å². The molecule has 1 amide bonds. The third-order valence-electron chi connectivity index (χ3n) is 3.36. The van der Waals surface area contributed by atoms with Crippen molar-refractivity contribution in [1.29, 1.82) is 0 Å². The number of hydrogen-bond acceptors (Lipinski definition) is 2. The Morgan fingerprint density at radius 1 is 1.56 bits per heavy atom. The van der Waals surface area contributed by atoms with E-state index in [0.717, 1.165) is 32.5 Å². The van der Waals surface area contributed by atoms with Crippen LogP contribution in [0.4, 0.5) is 0 Å². The summed E-state index contributed by atoms with van der Waals surface area (Å²) in [7, 11) is 0. The minimum atomic E-state index is -0.0594. The number of amides is 1. The third kappa shape index (κ3) is 3.50. The van der Waals surface area contributed by atoms with E-state index in [-0.39, 0.29) is 11.9 Å². The van der Waals surface area contributed by atoms with Crippen LogP contribution in [0.1, 0.15) is 36.7 Å². The standard InChI is InChI=1S/C13H20ClN3O/c1-2-5-17-6-3-11(4-7-17)16-13(18)12-8-10(14)9-15-12/h8-9,11,15H,2-7H2,1H3,(H,16,18). The highest BCUT2D eigenvalue weighted by molar-refractivity contribution is 6.30. The number of halogens is 1. The largest absolute Gasteiger partial charge is 0.356 e. The summed E-state index contributed by atoms with van der Waals surface area (Å²) in [6.07, 6.45) is 4.87. The Hall–Kier alpha value is -1.00. The van der Waals surface area contributed by atoms with Crippen molar-refractivity contribution in [3.05, 3.63) is 23.0 Å². The van der Waals surface area contributed by atoms with Gasteiger partial charge >= 0.3 is 0 Å². The maximum absolute atomic E-state index is 11.9. The molecule has 0 saturated carbocycles. The van der Waals surface area contributed by atoms with Crippen LogP contribution in [0.3, 0.4) is 0 Å². The van der Waals surface area contributed by atoms with Gasteiger partial charge in [0, 0.05) is 25.3 Å². The van der Waals surface area contributed by atoms with E-state index in [0.29, 0.717) is 10.7 Å². The molecule has 2 rings (SSSR count). The van der Waals surface area contributed by atoms with Gasteiger partial charge in [-0.3, -0.25) is 4.79 Å². The first kappa shape index (κ1) is 13.4. The lowest BCUT2D eigenvalue weighted by atomic mass is 10.0. The predicted octanol–water partition coefficient (Wildman–Crippen LogP) is 2.27. The van der Waals surface area contributed by atoms with E-state index in [9.17, 15) is 4.79 Å². The fraction of sp³-hybridized carbons (Fsp3) is 0.615. The fourth-order valence-electron chi connectivity index (χ4n) is 2.38. The molecule has 2 N–H and O–H groups in total. The zero-order valence-corrected chi connectivity index (χ0v) is 11.5. The minimum Gasteiger partial charge on any atom is -0.356 e. The van der Waals surface area contributed by atoms with Crippen molar-refractivity contribution >= 4 is 17.5 Å². The van der Waals surface area contributed by atoms with Gasteiger partial charge in [0.25, 0.3) is 5.91 Å². The molecule has 1 aliphatic rings. The fourth-order valence-corrected chi connectivity index (χ4v) is 2.54. The van der Waals surface area contributed by atoms with Crippen molar-refractivity contribution < 1.29 is 4.79 Å². The lowest BCUT2D eigenvalue weighted by Crippen LogP contribution is -2.44. The molecule has 0 aliphatic carbocycles. The van der Waals surface area contributed by atoms with E-state index in [4.69, 9.17) is 11.6 Å². The zero-order chi connectivity index (χ0) is 13.0. The van der Waals surface area contributed by atoms with Crippen LogP contribution in [0.5, 0.6) is 0 Å². The van der Waals surface area contributed by atoms with Gasteiger partial charge in [-0.1, -0.05) is 18.5 Å². The molecule has 0 unspecified atom stereocenters. The van der Waals surface area contributed by atoms with Gasteiger partial charge in [-0.05, 0) is 31.9 Å². The highest BCUT2D eigenvalue weighted by Gasteiger charge is 2.20. The quantitative estimate of drug-likeness (QED) is 0.881. The van der Waals surface area contributed by atoms with Gasteiger partial charge in [-0.2, -0.15) is 0 Å². The zero-order valence-electron chi connectivity index (χ0n) is 10.7. The normalized spacial score (nSPS) is 17.9. The van der Waals surface area contributed by atoms with E-state index in [1.54, 1.807) is 12.3 Å². The smallest absolute Gasteiger partial charge is 0.267 e.